The number of carbonyl (C=O) groups excluding carboxylic acids is 1. The Balaban J connectivity index is 1.67. The van der Waals surface area contributed by atoms with Crippen LogP contribution >= 0.6 is 0 Å². The lowest BCUT2D eigenvalue weighted by atomic mass is 10.0. The van der Waals surface area contributed by atoms with Crippen molar-refractivity contribution in [1.82, 2.24) is 0 Å². The van der Waals surface area contributed by atoms with Gasteiger partial charge >= 0.3 is 10.1 Å². The predicted octanol–water partition coefficient (Wildman–Crippen LogP) is 2.97. The smallest absolute Gasteiger partial charge is 0.342 e. The minimum Gasteiger partial charge on any atom is -0.379 e. The molecule has 4 rings (SSSR count). The van der Waals surface area contributed by atoms with E-state index in [0.717, 1.165) is 30.9 Å². The van der Waals surface area contributed by atoms with E-state index >= 15 is 0 Å². The van der Waals surface area contributed by atoms with Gasteiger partial charge in [-0.05, 0) is 66.6 Å². The number of hydrogen-bond acceptors (Lipinski definition) is 4. The summed E-state index contributed by atoms with van der Waals surface area (Å²) in [4.78, 5) is 10.9. The third kappa shape index (κ3) is 3.00. The summed E-state index contributed by atoms with van der Waals surface area (Å²) in [6.45, 7) is 0. The van der Waals surface area contributed by atoms with Gasteiger partial charge in [-0.2, -0.15) is 8.42 Å². The lowest BCUT2D eigenvalue weighted by Gasteiger charge is -2.18. The Morgan fingerprint density at radius 3 is 2.60 bits per heavy atom. The second kappa shape index (κ2) is 5.84. The molecule has 0 atom stereocenters. The summed E-state index contributed by atoms with van der Waals surface area (Å²) in [5, 5.41) is 2.54. The molecular formula is C18H16FNO4S. The molecule has 2 aliphatic rings. The Labute approximate surface area is 144 Å². The zero-order chi connectivity index (χ0) is 17.6. The van der Waals surface area contributed by atoms with E-state index in [9.17, 15) is 17.6 Å². The van der Waals surface area contributed by atoms with Gasteiger partial charge < -0.3 is 9.50 Å². The van der Waals surface area contributed by atoms with Gasteiger partial charge in [0.25, 0.3) is 0 Å². The molecule has 2 aromatic rings. The van der Waals surface area contributed by atoms with Gasteiger partial charge in [-0.1, -0.05) is 6.07 Å². The van der Waals surface area contributed by atoms with Gasteiger partial charge in [0.1, 0.15) is 16.5 Å². The third-order valence-corrected chi connectivity index (χ3v) is 5.86. The first-order valence-electron chi connectivity index (χ1n) is 8.11. The molecule has 0 spiro atoms. The van der Waals surface area contributed by atoms with Gasteiger partial charge in [-0.3, -0.25) is 4.79 Å². The van der Waals surface area contributed by atoms with Crippen LogP contribution in [0, 0.1) is 5.82 Å². The van der Waals surface area contributed by atoms with Crippen LogP contribution in [0.2, 0.25) is 0 Å². The molecule has 0 fully saturated rings. The van der Waals surface area contributed by atoms with Crippen LogP contribution in [-0.2, 0) is 34.2 Å². The number of halogens is 1. The average Bonchev–Trinajstić information content (AvgIpc) is 3.01. The van der Waals surface area contributed by atoms with E-state index in [2.05, 4.69) is 5.32 Å². The first-order valence-corrected chi connectivity index (χ1v) is 9.52. The summed E-state index contributed by atoms with van der Waals surface area (Å²) in [6, 6.07) is 7.43. The summed E-state index contributed by atoms with van der Waals surface area (Å²) in [5.41, 5.74) is 3.16. The molecule has 25 heavy (non-hydrogen) atoms. The zero-order valence-corrected chi connectivity index (χ0v) is 14.2. The van der Waals surface area contributed by atoms with Gasteiger partial charge in [-0.25, -0.2) is 4.39 Å². The van der Waals surface area contributed by atoms with Crippen molar-refractivity contribution in [3.05, 3.63) is 52.8 Å². The Morgan fingerprint density at radius 2 is 1.76 bits per heavy atom. The summed E-state index contributed by atoms with van der Waals surface area (Å²) in [7, 11) is -4.30. The maximum atomic E-state index is 14.3. The number of benzene rings is 2. The van der Waals surface area contributed by atoms with Gasteiger partial charge in [0.05, 0.1) is 0 Å². The molecule has 5 nitrogen and oxygen atoms in total. The van der Waals surface area contributed by atoms with Crippen molar-refractivity contribution < 1.29 is 21.8 Å². The van der Waals surface area contributed by atoms with E-state index in [4.69, 9.17) is 4.18 Å². The lowest BCUT2D eigenvalue weighted by molar-refractivity contribution is -0.116. The molecule has 1 aliphatic heterocycles. The summed E-state index contributed by atoms with van der Waals surface area (Å²) in [5.74, 6) is -0.968. The molecule has 1 amide bonds. The predicted molar refractivity (Wildman–Crippen MR) is 89.6 cm³/mol. The molecule has 1 aliphatic carbocycles. The number of aryl methyl sites for hydroxylation is 3. The number of hydrogen-bond donors (Lipinski definition) is 1. The average molecular weight is 361 g/mol. The monoisotopic (exact) mass is 361 g/mol. The van der Waals surface area contributed by atoms with Crippen molar-refractivity contribution >= 4 is 21.7 Å². The maximum Gasteiger partial charge on any atom is 0.342 e. The third-order valence-electron chi connectivity index (χ3n) is 4.60. The fourth-order valence-electron chi connectivity index (χ4n) is 3.34. The minimum atomic E-state index is -4.30. The summed E-state index contributed by atoms with van der Waals surface area (Å²) < 4.78 is 44.5. The first-order chi connectivity index (χ1) is 11.9. The Bertz CT molecular complexity index is 985. The molecule has 2 aromatic carbocycles. The number of fused-ring (bicyclic) bond motifs is 2. The molecule has 1 heterocycles. The van der Waals surface area contributed by atoms with E-state index in [0.29, 0.717) is 17.7 Å². The molecule has 130 valence electrons. The van der Waals surface area contributed by atoms with Crippen LogP contribution < -0.4 is 9.50 Å². The Morgan fingerprint density at radius 1 is 0.960 bits per heavy atom. The number of nitrogens with one attached hydrogen (secondary N) is 1. The second-order valence-electron chi connectivity index (χ2n) is 6.31. The highest BCUT2D eigenvalue weighted by Gasteiger charge is 2.26. The SMILES string of the molecule is O=C1CCc2cc(S(=O)(=O)Oc3ccc4c(c3)CCC4)c(F)cc2N1. The highest BCUT2D eigenvalue weighted by molar-refractivity contribution is 7.87. The van der Waals surface area contributed by atoms with Crippen molar-refractivity contribution in [3.8, 4) is 5.75 Å². The summed E-state index contributed by atoms with van der Waals surface area (Å²) >= 11 is 0. The van der Waals surface area contributed by atoms with E-state index < -0.39 is 20.8 Å². The molecule has 0 radical (unpaired) electrons. The van der Waals surface area contributed by atoms with Crippen molar-refractivity contribution in [2.24, 2.45) is 0 Å². The highest BCUT2D eigenvalue weighted by atomic mass is 32.2. The molecule has 7 heteroatoms. The summed E-state index contributed by atoms with van der Waals surface area (Å²) in [6.07, 6.45) is 3.51. The Hall–Kier alpha value is -2.41. The second-order valence-corrected chi connectivity index (χ2v) is 7.82. The van der Waals surface area contributed by atoms with Crippen molar-refractivity contribution in [2.45, 2.75) is 37.0 Å². The zero-order valence-electron chi connectivity index (χ0n) is 13.3. The molecule has 0 saturated carbocycles. The van der Waals surface area contributed by atoms with Crippen LogP contribution in [0.15, 0.2) is 35.2 Å². The fraction of sp³-hybridized carbons (Fsp3) is 0.278. The van der Waals surface area contributed by atoms with Crippen molar-refractivity contribution in [1.29, 1.82) is 0 Å². The largest absolute Gasteiger partial charge is 0.379 e. The van der Waals surface area contributed by atoms with E-state index in [-0.39, 0.29) is 18.1 Å². The van der Waals surface area contributed by atoms with Gasteiger partial charge in [0.2, 0.25) is 5.91 Å². The normalized spacial score (nSPS) is 16.1. The lowest BCUT2D eigenvalue weighted by Crippen LogP contribution is -2.20. The Kier molecular flexibility index (Phi) is 3.76. The van der Waals surface area contributed by atoms with Crippen LogP contribution in [0.25, 0.3) is 0 Å². The molecule has 0 saturated heterocycles. The van der Waals surface area contributed by atoms with E-state index in [1.807, 2.05) is 6.07 Å². The number of anilines is 1. The van der Waals surface area contributed by atoms with E-state index in [1.54, 1.807) is 12.1 Å². The molecule has 0 aromatic heterocycles. The van der Waals surface area contributed by atoms with E-state index in [1.165, 1.54) is 11.6 Å². The first kappa shape index (κ1) is 16.1. The minimum absolute atomic E-state index is 0.186. The highest BCUT2D eigenvalue weighted by Crippen LogP contribution is 2.31. The molecule has 0 bridgehead atoms. The quantitative estimate of drug-likeness (QED) is 0.853. The number of carbonyl (C=O) groups is 1. The van der Waals surface area contributed by atoms with Crippen LogP contribution in [0.1, 0.15) is 29.5 Å². The van der Waals surface area contributed by atoms with Crippen LogP contribution in [0.4, 0.5) is 10.1 Å². The molecule has 0 unspecified atom stereocenters. The van der Waals surface area contributed by atoms with Gasteiger partial charge in [0.15, 0.2) is 0 Å². The van der Waals surface area contributed by atoms with Crippen LogP contribution in [0.3, 0.4) is 0 Å². The molecule has 1 N–H and O–H groups in total. The fourth-order valence-corrected chi connectivity index (χ4v) is 4.37. The number of rotatable bonds is 3. The van der Waals surface area contributed by atoms with Crippen LogP contribution in [-0.4, -0.2) is 14.3 Å². The van der Waals surface area contributed by atoms with Gasteiger partial charge in [0, 0.05) is 12.1 Å². The van der Waals surface area contributed by atoms with Crippen LogP contribution in [0.5, 0.6) is 5.75 Å². The maximum absolute atomic E-state index is 14.3. The topological polar surface area (TPSA) is 72.5 Å². The van der Waals surface area contributed by atoms with Crippen molar-refractivity contribution in [3.63, 3.8) is 0 Å². The standard InChI is InChI=1S/C18H16FNO4S/c19-15-10-16-13(5-7-18(21)20-16)9-17(15)25(22,23)24-14-6-4-11-2-1-3-12(11)8-14/h4,6,8-10H,1-3,5,7H2,(H,20,21). The molecular weight excluding hydrogens is 345 g/mol. The van der Waals surface area contributed by atoms with Crippen molar-refractivity contribution in [2.75, 3.05) is 5.32 Å². The number of amides is 1. The van der Waals surface area contributed by atoms with Gasteiger partial charge in [-0.15, -0.1) is 0 Å².